The van der Waals surface area contributed by atoms with Crippen LogP contribution in [-0.2, 0) is 15.9 Å². The molecule has 0 aliphatic heterocycles. The molecule has 96 valence electrons. The Morgan fingerprint density at radius 3 is 2.76 bits per heavy atom. The molecule has 0 heterocycles. The number of aliphatic hydroxyl groups excluding tert-OH is 1. The summed E-state index contributed by atoms with van der Waals surface area (Å²) in [6.07, 6.45) is -0.274. The summed E-state index contributed by atoms with van der Waals surface area (Å²) in [6.45, 7) is 1.16. The number of methoxy groups -OCH3 is 1. The van der Waals surface area contributed by atoms with Crippen molar-refractivity contribution < 1.29 is 19.0 Å². The molecule has 0 aliphatic rings. The van der Waals surface area contributed by atoms with Crippen molar-refractivity contribution in [1.29, 1.82) is 0 Å². The van der Waals surface area contributed by atoms with Gasteiger partial charge in [-0.3, -0.25) is 0 Å². The standard InChI is InChI=1S/C12H16BrFO3/c1-16-2-3-17-8-12(15)6-9-4-10(13)7-11(14)5-9/h4-5,7,12,15H,2-3,6,8H2,1H3. The van der Waals surface area contributed by atoms with E-state index in [1.165, 1.54) is 12.1 Å². The van der Waals surface area contributed by atoms with E-state index < -0.39 is 6.10 Å². The van der Waals surface area contributed by atoms with Gasteiger partial charge in [0.15, 0.2) is 0 Å². The van der Waals surface area contributed by atoms with Gasteiger partial charge in [-0.2, -0.15) is 0 Å². The van der Waals surface area contributed by atoms with E-state index in [0.717, 1.165) is 5.56 Å². The second-order valence-corrected chi connectivity index (χ2v) is 4.62. The molecule has 1 unspecified atom stereocenters. The molecule has 0 saturated heterocycles. The summed E-state index contributed by atoms with van der Waals surface area (Å²) in [4.78, 5) is 0. The first-order valence-electron chi connectivity index (χ1n) is 5.31. The van der Waals surface area contributed by atoms with Crippen molar-refractivity contribution in [2.75, 3.05) is 26.9 Å². The molecule has 0 amide bonds. The fourth-order valence-corrected chi connectivity index (χ4v) is 1.93. The van der Waals surface area contributed by atoms with Crippen LogP contribution in [0.15, 0.2) is 22.7 Å². The van der Waals surface area contributed by atoms with E-state index in [9.17, 15) is 9.50 Å². The molecule has 0 spiro atoms. The lowest BCUT2D eigenvalue weighted by Crippen LogP contribution is -2.19. The molecule has 0 aliphatic carbocycles. The number of hydrogen-bond acceptors (Lipinski definition) is 3. The zero-order valence-corrected chi connectivity index (χ0v) is 11.2. The number of benzene rings is 1. The average Bonchev–Trinajstić information content (AvgIpc) is 2.23. The molecule has 0 aromatic heterocycles. The molecule has 17 heavy (non-hydrogen) atoms. The van der Waals surface area contributed by atoms with Gasteiger partial charge in [0, 0.05) is 18.0 Å². The monoisotopic (exact) mass is 306 g/mol. The lowest BCUT2D eigenvalue weighted by atomic mass is 10.1. The van der Waals surface area contributed by atoms with Crippen LogP contribution in [-0.4, -0.2) is 38.1 Å². The second kappa shape index (κ2) is 7.76. The van der Waals surface area contributed by atoms with Crippen molar-refractivity contribution in [2.45, 2.75) is 12.5 Å². The molecule has 0 saturated carbocycles. The van der Waals surface area contributed by atoms with Crippen LogP contribution >= 0.6 is 15.9 Å². The van der Waals surface area contributed by atoms with Gasteiger partial charge in [0.1, 0.15) is 5.82 Å². The van der Waals surface area contributed by atoms with Gasteiger partial charge < -0.3 is 14.6 Å². The van der Waals surface area contributed by atoms with E-state index >= 15 is 0 Å². The van der Waals surface area contributed by atoms with Gasteiger partial charge in [-0.25, -0.2) is 4.39 Å². The lowest BCUT2D eigenvalue weighted by molar-refractivity contribution is 0.0137. The highest BCUT2D eigenvalue weighted by Crippen LogP contribution is 2.16. The zero-order chi connectivity index (χ0) is 12.7. The van der Waals surface area contributed by atoms with Crippen LogP contribution in [0.1, 0.15) is 5.56 Å². The highest BCUT2D eigenvalue weighted by atomic mass is 79.9. The Bertz CT molecular complexity index is 326. The number of ether oxygens (including phenoxy) is 2. The van der Waals surface area contributed by atoms with Crippen molar-refractivity contribution in [3.05, 3.63) is 34.1 Å². The van der Waals surface area contributed by atoms with Gasteiger partial charge in [-0.05, 0) is 23.8 Å². The molecule has 1 N–H and O–H groups in total. The molecule has 0 bridgehead atoms. The SMILES string of the molecule is COCCOCC(O)Cc1cc(F)cc(Br)c1. The molecule has 1 rings (SSSR count). The van der Waals surface area contributed by atoms with Gasteiger partial charge in [0.25, 0.3) is 0 Å². The summed E-state index contributed by atoms with van der Waals surface area (Å²) in [7, 11) is 1.59. The van der Waals surface area contributed by atoms with Crippen LogP contribution in [0, 0.1) is 5.82 Å². The van der Waals surface area contributed by atoms with Crippen molar-refractivity contribution in [3.63, 3.8) is 0 Å². The van der Waals surface area contributed by atoms with E-state index in [1.807, 2.05) is 0 Å². The van der Waals surface area contributed by atoms with Crippen LogP contribution < -0.4 is 0 Å². The summed E-state index contributed by atoms with van der Waals surface area (Å²) in [5.41, 5.74) is 0.736. The molecule has 0 fully saturated rings. The van der Waals surface area contributed by atoms with Crippen molar-refractivity contribution >= 4 is 15.9 Å². The maximum Gasteiger partial charge on any atom is 0.124 e. The minimum atomic E-state index is -0.638. The first-order chi connectivity index (χ1) is 8.11. The maximum atomic E-state index is 13.1. The van der Waals surface area contributed by atoms with Crippen LogP contribution in [0.25, 0.3) is 0 Å². The van der Waals surface area contributed by atoms with Gasteiger partial charge in [0.2, 0.25) is 0 Å². The predicted octanol–water partition coefficient (Wildman–Crippen LogP) is 2.15. The zero-order valence-electron chi connectivity index (χ0n) is 9.66. The first kappa shape index (κ1) is 14.6. The Hall–Kier alpha value is -0.490. The third-order valence-electron chi connectivity index (χ3n) is 2.14. The number of rotatable bonds is 7. The normalized spacial score (nSPS) is 12.7. The van der Waals surface area contributed by atoms with E-state index in [1.54, 1.807) is 13.2 Å². The summed E-state index contributed by atoms with van der Waals surface area (Å²) in [5, 5.41) is 9.68. The average molecular weight is 307 g/mol. The predicted molar refractivity (Wildman–Crippen MR) is 66.5 cm³/mol. The van der Waals surface area contributed by atoms with E-state index in [-0.39, 0.29) is 12.4 Å². The molecule has 0 radical (unpaired) electrons. The van der Waals surface area contributed by atoms with Crippen LogP contribution in [0.5, 0.6) is 0 Å². The molecular weight excluding hydrogens is 291 g/mol. The third kappa shape index (κ3) is 6.12. The fraction of sp³-hybridized carbons (Fsp3) is 0.500. The first-order valence-corrected chi connectivity index (χ1v) is 6.11. The summed E-state index contributed by atoms with van der Waals surface area (Å²) in [6, 6.07) is 4.57. The lowest BCUT2D eigenvalue weighted by Gasteiger charge is -2.11. The fourth-order valence-electron chi connectivity index (χ4n) is 1.42. The molecule has 3 nitrogen and oxygen atoms in total. The Morgan fingerprint density at radius 1 is 1.35 bits per heavy atom. The molecule has 1 aromatic carbocycles. The second-order valence-electron chi connectivity index (χ2n) is 3.70. The van der Waals surface area contributed by atoms with Crippen LogP contribution in [0.4, 0.5) is 4.39 Å². The van der Waals surface area contributed by atoms with Gasteiger partial charge >= 0.3 is 0 Å². The number of hydrogen-bond donors (Lipinski definition) is 1. The Balaban J connectivity index is 2.36. The highest BCUT2D eigenvalue weighted by Gasteiger charge is 2.07. The Kier molecular flexibility index (Phi) is 6.65. The van der Waals surface area contributed by atoms with Crippen molar-refractivity contribution in [1.82, 2.24) is 0 Å². The summed E-state index contributed by atoms with van der Waals surface area (Å²) < 4.78 is 23.7. The summed E-state index contributed by atoms with van der Waals surface area (Å²) in [5.74, 6) is -0.318. The Labute approximate surface area is 109 Å². The van der Waals surface area contributed by atoms with Gasteiger partial charge in [-0.1, -0.05) is 15.9 Å². The minimum absolute atomic E-state index is 0.220. The van der Waals surface area contributed by atoms with E-state index in [4.69, 9.17) is 9.47 Å². The highest BCUT2D eigenvalue weighted by molar-refractivity contribution is 9.10. The van der Waals surface area contributed by atoms with Gasteiger partial charge in [-0.15, -0.1) is 0 Å². The largest absolute Gasteiger partial charge is 0.390 e. The van der Waals surface area contributed by atoms with E-state index in [2.05, 4.69) is 15.9 Å². The minimum Gasteiger partial charge on any atom is -0.390 e. The van der Waals surface area contributed by atoms with E-state index in [0.29, 0.717) is 24.1 Å². The van der Waals surface area contributed by atoms with Gasteiger partial charge in [0.05, 0.1) is 25.9 Å². The molecule has 1 aromatic rings. The molecular formula is C12H16BrFO3. The van der Waals surface area contributed by atoms with Crippen LogP contribution in [0.2, 0.25) is 0 Å². The maximum absolute atomic E-state index is 13.1. The number of halogens is 2. The van der Waals surface area contributed by atoms with Crippen LogP contribution in [0.3, 0.4) is 0 Å². The molecule has 1 atom stereocenters. The smallest absolute Gasteiger partial charge is 0.124 e. The third-order valence-corrected chi connectivity index (χ3v) is 2.59. The quantitative estimate of drug-likeness (QED) is 0.785. The summed E-state index contributed by atoms with van der Waals surface area (Å²) >= 11 is 3.21. The van der Waals surface area contributed by atoms with Crippen molar-refractivity contribution in [2.24, 2.45) is 0 Å². The Morgan fingerprint density at radius 2 is 2.12 bits per heavy atom. The molecule has 5 heteroatoms. The topological polar surface area (TPSA) is 38.7 Å². The van der Waals surface area contributed by atoms with Crippen molar-refractivity contribution in [3.8, 4) is 0 Å². The number of aliphatic hydroxyl groups is 1.